The summed E-state index contributed by atoms with van der Waals surface area (Å²) < 4.78 is 16.6. The molecular weight excluding hydrogens is 364 g/mol. The van der Waals surface area contributed by atoms with Gasteiger partial charge in [-0.1, -0.05) is 0 Å². The van der Waals surface area contributed by atoms with Crippen molar-refractivity contribution < 1.29 is 23.9 Å². The number of fused-ring (bicyclic) bond motifs is 2. The van der Waals surface area contributed by atoms with Crippen LogP contribution >= 0.6 is 0 Å². The van der Waals surface area contributed by atoms with Crippen LogP contribution in [-0.4, -0.2) is 43.1 Å². The van der Waals surface area contributed by atoms with Crippen LogP contribution in [0.5, 0.6) is 17.2 Å². The molecule has 8 nitrogen and oxygen atoms in total. The summed E-state index contributed by atoms with van der Waals surface area (Å²) in [5.41, 5.74) is 2.58. The van der Waals surface area contributed by atoms with Gasteiger partial charge in [-0.25, -0.2) is 0 Å². The van der Waals surface area contributed by atoms with Crippen molar-refractivity contribution in [3.8, 4) is 17.2 Å². The Labute approximate surface area is 161 Å². The standard InChI is InChI=1S/C20H18N2O6/c1-21-8-7-13-9-17-20(28-11-27-17)19(26-2)15(13)10-16(21)18(23)12-3-5-14(6-4-12)22(24)25/h3-6,9-10H,7-8,11H2,1-2H3. The smallest absolute Gasteiger partial charge is 0.269 e. The number of nitro benzene ring substituents is 1. The molecule has 0 N–H and O–H groups in total. The molecule has 0 aliphatic carbocycles. The number of hydrogen-bond acceptors (Lipinski definition) is 7. The molecule has 0 atom stereocenters. The SMILES string of the molecule is COc1c2c(cc3c1OCO3)CCN(C)C(C(=O)c1ccc([N+](=O)[O-])cc1)=C2. The van der Waals surface area contributed by atoms with Gasteiger partial charge >= 0.3 is 0 Å². The van der Waals surface area contributed by atoms with Crippen LogP contribution in [0.2, 0.25) is 0 Å². The number of ether oxygens (including phenoxy) is 3. The summed E-state index contributed by atoms with van der Waals surface area (Å²) in [5, 5.41) is 10.8. The topological polar surface area (TPSA) is 91.1 Å². The number of Topliss-reactive ketones (excluding diaryl/α,β-unsaturated/α-hetero) is 1. The highest BCUT2D eigenvalue weighted by Gasteiger charge is 2.28. The fourth-order valence-electron chi connectivity index (χ4n) is 3.42. The predicted octanol–water partition coefficient (Wildman–Crippen LogP) is 3.04. The highest BCUT2D eigenvalue weighted by Crippen LogP contribution is 2.46. The number of carbonyl (C=O) groups excluding carboxylic acids is 1. The Morgan fingerprint density at radius 3 is 2.68 bits per heavy atom. The quantitative estimate of drug-likeness (QED) is 0.456. The molecular formula is C20H18N2O6. The van der Waals surface area contributed by atoms with Gasteiger partial charge in [-0.15, -0.1) is 0 Å². The van der Waals surface area contributed by atoms with Crippen molar-refractivity contribution in [3.63, 3.8) is 0 Å². The van der Waals surface area contributed by atoms with Crippen LogP contribution in [0.4, 0.5) is 5.69 Å². The average molecular weight is 382 g/mol. The Kier molecular flexibility index (Phi) is 4.38. The molecule has 8 heteroatoms. The minimum atomic E-state index is -0.491. The Bertz CT molecular complexity index is 997. The van der Waals surface area contributed by atoms with Gasteiger partial charge in [0.25, 0.3) is 5.69 Å². The summed E-state index contributed by atoms with van der Waals surface area (Å²) >= 11 is 0. The number of nitro groups is 1. The molecule has 0 saturated heterocycles. The first kappa shape index (κ1) is 17.8. The van der Waals surface area contributed by atoms with Crippen molar-refractivity contribution in [1.29, 1.82) is 0 Å². The van der Waals surface area contributed by atoms with E-state index in [9.17, 15) is 14.9 Å². The van der Waals surface area contributed by atoms with Crippen molar-refractivity contribution in [1.82, 2.24) is 4.90 Å². The highest BCUT2D eigenvalue weighted by atomic mass is 16.7. The third kappa shape index (κ3) is 2.92. The lowest BCUT2D eigenvalue weighted by Crippen LogP contribution is -2.24. The van der Waals surface area contributed by atoms with E-state index in [2.05, 4.69) is 0 Å². The summed E-state index contributed by atoms with van der Waals surface area (Å²) in [6.45, 7) is 0.757. The zero-order valence-electron chi connectivity index (χ0n) is 15.4. The molecule has 2 aliphatic heterocycles. The number of hydrogen-bond donors (Lipinski definition) is 0. The molecule has 0 radical (unpaired) electrons. The first-order valence-corrected chi connectivity index (χ1v) is 8.71. The van der Waals surface area contributed by atoms with E-state index in [4.69, 9.17) is 14.2 Å². The number of likely N-dealkylation sites (N-methyl/N-ethyl adjacent to an activating group) is 1. The van der Waals surface area contributed by atoms with Crippen LogP contribution in [0.15, 0.2) is 36.0 Å². The van der Waals surface area contributed by atoms with Gasteiger partial charge < -0.3 is 19.1 Å². The van der Waals surface area contributed by atoms with E-state index in [-0.39, 0.29) is 18.3 Å². The molecule has 0 spiro atoms. The Morgan fingerprint density at radius 2 is 2.00 bits per heavy atom. The van der Waals surface area contributed by atoms with Crippen LogP contribution in [-0.2, 0) is 6.42 Å². The molecule has 0 aromatic heterocycles. The molecule has 144 valence electrons. The highest BCUT2D eigenvalue weighted by molar-refractivity contribution is 6.11. The number of non-ortho nitro benzene ring substituents is 1. The molecule has 2 heterocycles. The molecule has 0 amide bonds. The monoisotopic (exact) mass is 382 g/mol. The lowest BCUT2D eigenvalue weighted by atomic mass is 10.0. The van der Waals surface area contributed by atoms with Crippen LogP contribution < -0.4 is 14.2 Å². The summed E-state index contributed by atoms with van der Waals surface area (Å²) in [6, 6.07) is 7.52. The minimum Gasteiger partial charge on any atom is -0.492 e. The summed E-state index contributed by atoms with van der Waals surface area (Å²) in [7, 11) is 3.39. The average Bonchev–Trinajstić information content (AvgIpc) is 3.10. The van der Waals surface area contributed by atoms with Crippen LogP contribution in [0.25, 0.3) is 6.08 Å². The van der Waals surface area contributed by atoms with Gasteiger partial charge in [0.05, 0.1) is 17.7 Å². The predicted molar refractivity (Wildman–Crippen MR) is 101 cm³/mol. The molecule has 2 aromatic carbocycles. The fourth-order valence-corrected chi connectivity index (χ4v) is 3.42. The molecule has 2 aliphatic rings. The number of carbonyl (C=O) groups is 1. The van der Waals surface area contributed by atoms with E-state index in [0.717, 1.165) is 11.1 Å². The van der Waals surface area contributed by atoms with Crippen LogP contribution in [0.1, 0.15) is 21.5 Å². The number of ketones is 1. The van der Waals surface area contributed by atoms with E-state index < -0.39 is 4.92 Å². The van der Waals surface area contributed by atoms with Crippen molar-refractivity contribution in [2.45, 2.75) is 6.42 Å². The molecule has 0 unspecified atom stereocenters. The second-order valence-corrected chi connectivity index (χ2v) is 6.55. The number of rotatable bonds is 4. The zero-order chi connectivity index (χ0) is 19.8. The minimum absolute atomic E-state index is 0.0560. The van der Waals surface area contributed by atoms with Gasteiger partial charge in [0.15, 0.2) is 11.5 Å². The van der Waals surface area contributed by atoms with Crippen molar-refractivity contribution in [2.75, 3.05) is 27.5 Å². The summed E-state index contributed by atoms with van der Waals surface area (Å²) in [4.78, 5) is 25.3. The summed E-state index contributed by atoms with van der Waals surface area (Å²) in [6.07, 6.45) is 2.49. The Morgan fingerprint density at radius 1 is 1.25 bits per heavy atom. The number of methoxy groups -OCH3 is 1. The van der Waals surface area contributed by atoms with Gasteiger partial charge in [-0.2, -0.15) is 0 Å². The van der Waals surface area contributed by atoms with Gasteiger partial charge in [-0.05, 0) is 36.3 Å². The molecule has 28 heavy (non-hydrogen) atoms. The second kappa shape index (κ2) is 6.88. The molecule has 0 fully saturated rings. The van der Waals surface area contributed by atoms with E-state index >= 15 is 0 Å². The first-order valence-electron chi connectivity index (χ1n) is 8.71. The molecule has 0 saturated carbocycles. The molecule has 2 aromatic rings. The van der Waals surface area contributed by atoms with E-state index in [1.54, 1.807) is 13.2 Å². The zero-order valence-corrected chi connectivity index (χ0v) is 15.4. The number of nitrogens with zero attached hydrogens (tertiary/aromatic N) is 2. The van der Waals surface area contributed by atoms with E-state index in [0.29, 0.717) is 41.5 Å². The van der Waals surface area contributed by atoms with Crippen LogP contribution in [0, 0.1) is 10.1 Å². The normalized spacial score (nSPS) is 14.8. The lowest BCUT2D eigenvalue weighted by Gasteiger charge is -2.19. The number of benzene rings is 2. The molecule has 0 bridgehead atoms. The van der Waals surface area contributed by atoms with Gasteiger partial charge in [0.2, 0.25) is 18.3 Å². The van der Waals surface area contributed by atoms with Gasteiger partial charge in [0.1, 0.15) is 0 Å². The number of allylic oxidation sites excluding steroid dienone is 1. The first-order chi connectivity index (χ1) is 13.5. The third-order valence-electron chi connectivity index (χ3n) is 4.93. The van der Waals surface area contributed by atoms with Gasteiger partial charge in [0, 0.05) is 36.9 Å². The van der Waals surface area contributed by atoms with E-state index in [1.165, 1.54) is 24.3 Å². The van der Waals surface area contributed by atoms with Crippen molar-refractivity contribution >= 4 is 17.5 Å². The van der Waals surface area contributed by atoms with Crippen molar-refractivity contribution in [2.24, 2.45) is 0 Å². The van der Waals surface area contributed by atoms with Gasteiger partial charge in [-0.3, -0.25) is 14.9 Å². The fraction of sp³-hybridized carbons (Fsp3) is 0.250. The maximum atomic E-state index is 13.1. The third-order valence-corrected chi connectivity index (χ3v) is 4.93. The van der Waals surface area contributed by atoms with Crippen LogP contribution in [0.3, 0.4) is 0 Å². The lowest BCUT2D eigenvalue weighted by molar-refractivity contribution is -0.384. The second-order valence-electron chi connectivity index (χ2n) is 6.55. The van der Waals surface area contributed by atoms with E-state index in [1.807, 2.05) is 18.0 Å². The Balaban J connectivity index is 1.79. The largest absolute Gasteiger partial charge is 0.492 e. The van der Waals surface area contributed by atoms with Crippen molar-refractivity contribution in [3.05, 3.63) is 62.8 Å². The summed E-state index contributed by atoms with van der Waals surface area (Å²) in [5.74, 6) is 1.49. The Hall–Kier alpha value is -3.55. The maximum absolute atomic E-state index is 13.1. The molecule has 4 rings (SSSR count). The maximum Gasteiger partial charge on any atom is 0.269 e.